The average molecular weight is 595 g/mol. The summed E-state index contributed by atoms with van der Waals surface area (Å²) in [7, 11) is -1.86. The van der Waals surface area contributed by atoms with Gasteiger partial charge >= 0.3 is 6.18 Å². The maximum absolute atomic E-state index is 14.7. The number of benzene rings is 2. The van der Waals surface area contributed by atoms with Crippen LogP contribution in [0.15, 0.2) is 48.8 Å². The normalized spacial score (nSPS) is 12.0. The summed E-state index contributed by atoms with van der Waals surface area (Å²) < 4.78 is 78.0. The molecule has 0 saturated heterocycles. The molecule has 3 aromatic rings. The predicted octanol–water partition coefficient (Wildman–Crippen LogP) is 9.87. The van der Waals surface area contributed by atoms with Crippen LogP contribution in [0.2, 0.25) is 25.2 Å². The van der Waals surface area contributed by atoms with Crippen LogP contribution in [0.1, 0.15) is 51.9 Å². The lowest BCUT2D eigenvalue weighted by Gasteiger charge is -2.23. The third-order valence-corrected chi connectivity index (χ3v) is 10.3. The number of hydrogen-bond acceptors (Lipinski definition) is 4. The number of nitrogens with zero attached hydrogens (tertiary/aromatic N) is 2. The van der Waals surface area contributed by atoms with Crippen molar-refractivity contribution in [2.75, 3.05) is 13.2 Å². The van der Waals surface area contributed by atoms with Crippen LogP contribution in [-0.2, 0) is 0 Å². The lowest BCUT2D eigenvalue weighted by atomic mass is 10.1. The van der Waals surface area contributed by atoms with Crippen LogP contribution >= 0.6 is 0 Å². The fraction of sp³-hybridized carbons (Fsp3) is 0.484. The van der Waals surface area contributed by atoms with Crippen molar-refractivity contribution in [2.45, 2.75) is 83.2 Å². The number of alkyl halides is 3. The average Bonchev–Trinajstić information content (AvgIpc) is 2.94. The number of halogens is 5. The van der Waals surface area contributed by atoms with E-state index in [1.165, 1.54) is 12.1 Å². The van der Waals surface area contributed by atoms with Crippen LogP contribution < -0.4 is 9.47 Å². The first-order chi connectivity index (χ1) is 19.5. The Kier molecular flexibility index (Phi) is 12.1. The SMILES string of the molecule is CCCCCCOc1ccc(-c2ncc(-c3ccc(OCCCC[Si](C)(C)CCC(F)(F)F)cc3)cn2)c(F)c1F. The van der Waals surface area contributed by atoms with Crippen LogP contribution in [0, 0.1) is 11.6 Å². The van der Waals surface area contributed by atoms with Crippen molar-refractivity contribution in [1.29, 1.82) is 0 Å². The van der Waals surface area contributed by atoms with Crippen molar-refractivity contribution in [2.24, 2.45) is 0 Å². The van der Waals surface area contributed by atoms with Gasteiger partial charge in [-0.15, -0.1) is 0 Å². The van der Waals surface area contributed by atoms with Crippen molar-refractivity contribution in [1.82, 2.24) is 9.97 Å². The molecule has 0 saturated carbocycles. The fourth-order valence-corrected chi connectivity index (χ4v) is 6.80. The maximum atomic E-state index is 14.7. The van der Waals surface area contributed by atoms with Crippen molar-refractivity contribution < 1.29 is 31.4 Å². The molecule has 0 aliphatic heterocycles. The molecule has 0 N–H and O–H groups in total. The van der Waals surface area contributed by atoms with E-state index >= 15 is 0 Å². The Hall–Kier alpha value is -3.01. The minimum Gasteiger partial charge on any atom is -0.494 e. The number of unbranched alkanes of at least 4 members (excludes halogenated alkanes) is 4. The Morgan fingerprint density at radius 3 is 2.05 bits per heavy atom. The standard InChI is InChI=1S/C31H39F5N2O2Si/c1-4-5-6-7-18-40-27-15-14-26(28(32)29(27)33)30-37-21-24(22-38-30)23-10-12-25(13-11-23)39-17-8-9-19-41(2,3)20-16-31(34,35)36/h10-15,21-22H,4-9,16-20H2,1-3H3. The van der Waals surface area contributed by atoms with Gasteiger partial charge in [-0.3, -0.25) is 0 Å². The highest BCUT2D eigenvalue weighted by atomic mass is 28.3. The van der Waals surface area contributed by atoms with E-state index in [0.717, 1.165) is 50.1 Å². The van der Waals surface area contributed by atoms with Gasteiger partial charge in [-0.2, -0.15) is 17.6 Å². The van der Waals surface area contributed by atoms with Gasteiger partial charge in [0.2, 0.25) is 5.82 Å². The van der Waals surface area contributed by atoms with Crippen LogP contribution in [0.4, 0.5) is 22.0 Å². The Morgan fingerprint density at radius 2 is 1.39 bits per heavy atom. The molecule has 3 rings (SSSR count). The molecule has 0 unspecified atom stereocenters. The largest absolute Gasteiger partial charge is 0.494 e. The summed E-state index contributed by atoms with van der Waals surface area (Å²) in [5, 5.41) is 0. The zero-order chi connectivity index (χ0) is 29.9. The molecular weight excluding hydrogens is 555 g/mol. The third-order valence-electron chi connectivity index (χ3n) is 6.98. The molecule has 0 radical (unpaired) electrons. The maximum Gasteiger partial charge on any atom is 0.388 e. The lowest BCUT2D eigenvalue weighted by Crippen LogP contribution is -2.27. The van der Waals surface area contributed by atoms with E-state index in [4.69, 9.17) is 9.47 Å². The Labute approximate surface area is 240 Å². The molecule has 224 valence electrons. The molecule has 0 aliphatic carbocycles. The summed E-state index contributed by atoms with van der Waals surface area (Å²) in [6.07, 6.45) is 3.88. The van der Waals surface area contributed by atoms with Gasteiger partial charge in [0.1, 0.15) is 5.75 Å². The van der Waals surface area contributed by atoms with E-state index in [1.54, 1.807) is 12.4 Å². The minimum absolute atomic E-state index is 0.0393. The summed E-state index contributed by atoms with van der Waals surface area (Å²) in [6, 6.07) is 11.3. The first-order valence-corrected chi connectivity index (χ1v) is 17.6. The van der Waals surface area contributed by atoms with Gasteiger partial charge in [-0.05, 0) is 48.7 Å². The third kappa shape index (κ3) is 10.7. The van der Waals surface area contributed by atoms with E-state index in [2.05, 4.69) is 16.9 Å². The Morgan fingerprint density at radius 1 is 0.732 bits per heavy atom. The van der Waals surface area contributed by atoms with Gasteiger partial charge in [0.25, 0.3) is 0 Å². The molecular formula is C31H39F5N2O2Si. The summed E-state index contributed by atoms with van der Waals surface area (Å²) in [5.74, 6) is -1.45. The van der Waals surface area contributed by atoms with Crippen LogP contribution in [0.25, 0.3) is 22.5 Å². The number of aromatic nitrogens is 2. The van der Waals surface area contributed by atoms with Crippen LogP contribution in [0.5, 0.6) is 11.5 Å². The van der Waals surface area contributed by atoms with Crippen molar-refractivity contribution in [3.05, 3.63) is 60.4 Å². The van der Waals surface area contributed by atoms with E-state index in [0.29, 0.717) is 24.5 Å². The van der Waals surface area contributed by atoms with E-state index in [9.17, 15) is 22.0 Å². The molecule has 0 fully saturated rings. The summed E-state index contributed by atoms with van der Waals surface area (Å²) >= 11 is 0. The molecule has 0 spiro atoms. The molecule has 4 nitrogen and oxygen atoms in total. The smallest absolute Gasteiger partial charge is 0.388 e. The van der Waals surface area contributed by atoms with Gasteiger partial charge in [0, 0.05) is 32.5 Å². The summed E-state index contributed by atoms with van der Waals surface area (Å²) in [5.41, 5.74) is 1.50. The second-order valence-corrected chi connectivity index (χ2v) is 16.4. The highest BCUT2D eigenvalue weighted by Gasteiger charge is 2.31. The fourth-order valence-electron chi connectivity index (χ4n) is 4.39. The molecule has 1 heterocycles. The predicted molar refractivity (Wildman–Crippen MR) is 155 cm³/mol. The molecule has 0 amide bonds. The number of rotatable bonds is 16. The van der Waals surface area contributed by atoms with Crippen molar-refractivity contribution in [3.63, 3.8) is 0 Å². The topological polar surface area (TPSA) is 44.2 Å². The molecule has 0 aliphatic rings. The number of ether oxygens (including phenoxy) is 2. The molecule has 1 aromatic heterocycles. The second-order valence-electron chi connectivity index (χ2n) is 11.1. The lowest BCUT2D eigenvalue weighted by molar-refractivity contribution is -0.130. The minimum atomic E-state index is -4.08. The van der Waals surface area contributed by atoms with Crippen LogP contribution in [0.3, 0.4) is 0 Å². The first-order valence-electron chi connectivity index (χ1n) is 14.2. The molecule has 0 bridgehead atoms. The van der Waals surface area contributed by atoms with Gasteiger partial charge < -0.3 is 9.47 Å². The van der Waals surface area contributed by atoms with Gasteiger partial charge in [-0.1, -0.05) is 63.9 Å². The van der Waals surface area contributed by atoms with Crippen molar-refractivity contribution in [3.8, 4) is 34.0 Å². The highest BCUT2D eigenvalue weighted by molar-refractivity contribution is 6.77. The van der Waals surface area contributed by atoms with Crippen molar-refractivity contribution >= 4 is 8.07 Å². The molecule has 0 atom stereocenters. The quantitative estimate of drug-likeness (QED) is 0.0941. The van der Waals surface area contributed by atoms with Gasteiger partial charge in [0.15, 0.2) is 17.4 Å². The molecule has 2 aromatic carbocycles. The monoisotopic (exact) mass is 594 g/mol. The summed E-state index contributed by atoms with van der Waals surface area (Å²) in [4.78, 5) is 8.49. The highest BCUT2D eigenvalue weighted by Crippen LogP contribution is 2.30. The van der Waals surface area contributed by atoms with E-state index in [-0.39, 0.29) is 23.2 Å². The van der Waals surface area contributed by atoms with Gasteiger partial charge in [-0.25, -0.2) is 14.4 Å². The van der Waals surface area contributed by atoms with E-state index in [1.807, 2.05) is 37.4 Å². The Bertz CT molecular complexity index is 1220. The second kappa shape index (κ2) is 15.3. The van der Waals surface area contributed by atoms with Gasteiger partial charge in [0.05, 0.1) is 18.8 Å². The summed E-state index contributed by atoms with van der Waals surface area (Å²) in [6.45, 7) is 6.93. The first kappa shape index (κ1) is 32.5. The van der Waals surface area contributed by atoms with E-state index < -0.39 is 32.3 Å². The Balaban J connectivity index is 1.49. The molecule has 41 heavy (non-hydrogen) atoms. The number of hydrogen-bond donors (Lipinski definition) is 0. The zero-order valence-corrected chi connectivity index (χ0v) is 25.0. The van der Waals surface area contributed by atoms with Crippen LogP contribution in [-0.4, -0.2) is 37.4 Å². The zero-order valence-electron chi connectivity index (χ0n) is 24.0. The molecule has 10 heteroatoms.